The molecule has 1 fully saturated rings. The first-order valence-electron chi connectivity index (χ1n) is 11.7. The summed E-state index contributed by atoms with van der Waals surface area (Å²) in [5.41, 5.74) is 3.02. The number of nitrogens with zero attached hydrogens (tertiary/aromatic N) is 2. The minimum Gasteiger partial charge on any atom is -0.339 e. The van der Waals surface area contributed by atoms with Gasteiger partial charge in [-0.15, -0.1) is 0 Å². The summed E-state index contributed by atoms with van der Waals surface area (Å²) in [6.45, 7) is 6.34. The van der Waals surface area contributed by atoms with E-state index in [-0.39, 0.29) is 5.91 Å². The van der Waals surface area contributed by atoms with Gasteiger partial charge < -0.3 is 15.5 Å². The Labute approximate surface area is 199 Å². The summed E-state index contributed by atoms with van der Waals surface area (Å²) < 4.78 is 0. The molecule has 1 heterocycles. The molecule has 1 aliphatic heterocycles. The van der Waals surface area contributed by atoms with Gasteiger partial charge in [-0.25, -0.2) is 4.79 Å². The van der Waals surface area contributed by atoms with Gasteiger partial charge in [0.15, 0.2) is 0 Å². The van der Waals surface area contributed by atoms with Gasteiger partial charge in [0.2, 0.25) is 5.91 Å². The van der Waals surface area contributed by atoms with Gasteiger partial charge in [-0.1, -0.05) is 18.2 Å². The maximum atomic E-state index is 13.2. The highest BCUT2D eigenvalue weighted by atomic mass is 16.2. The SMILES string of the molecule is CCN(CC)C(=O)c1ccc(NC(=O)CN2C(=O)N[C@@](C)(c3ccc4c(c3)CCC4)C2=O)cc1. The first-order valence-corrected chi connectivity index (χ1v) is 11.7. The summed E-state index contributed by atoms with van der Waals surface area (Å²) in [5, 5.41) is 5.46. The molecule has 2 aliphatic rings. The Hall–Kier alpha value is -3.68. The van der Waals surface area contributed by atoms with Gasteiger partial charge in [-0.3, -0.25) is 19.3 Å². The van der Waals surface area contributed by atoms with E-state index in [4.69, 9.17) is 0 Å². The monoisotopic (exact) mass is 462 g/mol. The first kappa shape index (κ1) is 23.5. The van der Waals surface area contributed by atoms with E-state index in [1.165, 1.54) is 11.1 Å². The second kappa shape index (κ2) is 9.29. The second-order valence-corrected chi connectivity index (χ2v) is 8.89. The smallest absolute Gasteiger partial charge is 0.325 e. The summed E-state index contributed by atoms with van der Waals surface area (Å²) in [6.07, 6.45) is 3.09. The molecule has 1 atom stereocenters. The Morgan fingerprint density at radius 1 is 1.03 bits per heavy atom. The van der Waals surface area contributed by atoms with Crippen LogP contribution in [0.3, 0.4) is 0 Å². The number of imide groups is 1. The maximum Gasteiger partial charge on any atom is 0.325 e. The molecule has 8 nitrogen and oxygen atoms in total. The summed E-state index contributed by atoms with van der Waals surface area (Å²) in [7, 11) is 0. The first-order chi connectivity index (χ1) is 16.3. The van der Waals surface area contributed by atoms with Crippen LogP contribution in [0.2, 0.25) is 0 Å². The largest absolute Gasteiger partial charge is 0.339 e. The number of hydrogen-bond donors (Lipinski definition) is 2. The fourth-order valence-corrected chi connectivity index (χ4v) is 4.65. The van der Waals surface area contributed by atoms with Gasteiger partial charge in [-0.2, -0.15) is 0 Å². The van der Waals surface area contributed by atoms with Crippen molar-refractivity contribution >= 4 is 29.4 Å². The predicted molar refractivity (Wildman–Crippen MR) is 128 cm³/mol. The van der Waals surface area contributed by atoms with E-state index in [1.54, 1.807) is 36.1 Å². The molecule has 2 aromatic rings. The highest BCUT2D eigenvalue weighted by Gasteiger charge is 2.49. The van der Waals surface area contributed by atoms with Crippen molar-refractivity contribution in [1.29, 1.82) is 0 Å². The van der Waals surface area contributed by atoms with Crippen LogP contribution in [0.5, 0.6) is 0 Å². The Morgan fingerprint density at radius 2 is 1.71 bits per heavy atom. The molecule has 34 heavy (non-hydrogen) atoms. The molecule has 0 radical (unpaired) electrons. The predicted octanol–water partition coefficient (Wildman–Crippen LogP) is 3.06. The van der Waals surface area contributed by atoms with E-state index in [2.05, 4.69) is 10.6 Å². The normalized spacial score (nSPS) is 19.1. The average molecular weight is 463 g/mol. The molecular weight excluding hydrogens is 432 g/mol. The number of carbonyl (C=O) groups is 4. The number of benzene rings is 2. The fourth-order valence-electron chi connectivity index (χ4n) is 4.65. The van der Waals surface area contributed by atoms with E-state index in [9.17, 15) is 19.2 Å². The van der Waals surface area contributed by atoms with Gasteiger partial charge in [0.1, 0.15) is 12.1 Å². The number of urea groups is 1. The molecule has 0 spiro atoms. The topological polar surface area (TPSA) is 98.8 Å². The molecule has 0 bridgehead atoms. The zero-order chi connectivity index (χ0) is 24.5. The van der Waals surface area contributed by atoms with Crippen molar-refractivity contribution in [2.24, 2.45) is 0 Å². The van der Waals surface area contributed by atoms with Crippen LogP contribution in [0.25, 0.3) is 0 Å². The lowest BCUT2D eigenvalue weighted by atomic mass is 9.89. The van der Waals surface area contributed by atoms with Crippen LogP contribution in [-0.4, -0.2) is 53.2 Å². The van der Waals surface area contributed by atoms with Crippen molar-refractivity contribution in [3.8, 4) is 0 Å². The standard InChI is InChI=1S/C26H30N4O4/c1-4-29(5-2)23(32)18-10-13-21(14-11-18)27-22(31)16-30-24(33)26(3,28-25(30)34)20-12-9-17-7-6-8-19(17)15-20/h9-15H,4-8,16H2,1-3H3,(H,27,31)(H,28,34)/t26-/m0/s1. The van der Waals surface area contributed by atoms with Crippen LogP contribution in [0, 0.1) is 0 Å². The zero-order valence-corrected chi connectivity index (χ0v) is 19.8. The third kappa shape index (κ3) is 4.27. The molecule has 178 valence electrons. The third-order valence-electron chi connectivity index (χ3n) is 6.72. The number of aryl methyl sites for hydroxylation is 2. The van der Waals surface area contributed by atoms with Gasteiger partial charge in [0.25, 0.3) is 11.8 Å². The summed E-state index contributed by atoms with van der Waals surface area (Å²) >= 11 is 0. The van der Waals surface area contributed by atoms with Crippen molar-refractivity contribution in [3.05, 3.63) is 64.7 Å². The van der Waals surface area contributed by atoms with Crippen LogP contribution in [0.4, 0.5) is 10.5 Å². The van der Waals surface area contributed by atoms with Crippen LogP contribution in [0.15, 0.2) is 42.5 Å². The lowest BCUT2D eigenvalue weighted by molar-refractivity contribution is -0.133. The molecule has 8 heteroatoms. The Morgan fingerprint density at radius 3 is 2.38 bits per heavy atom. The summed E-state index contributed by atoms with van der Waals surface area (Å²) in [5.74, 6) is -1.02. The number of carbonyl (C=O) groups excluding carboxylic acids is 4. The molecule has 0 aromatic heterocycles. The van der Waals surface area contributed by atoms with E-state index >= 15 is 0 Å². The van der Waals surface area contributed by atoms with Crippen molar-refractivity contribution in [2.45, 2.75) is 45.6 Å². The quantitative estimate of drug-likeness (QED) is 0.618. The number of amides is 5. The van der Waals surface area contributed by atoms with E-state index in [0.717, 1.165) is 29.7 Å². The minimum atomic E-state index is -1.21. The molecule has 2 N–H and O–H groups in total. The van der Waals surface area contributed by atoms with Crippen molar-refractivity contribution in [2.75, 3.05) is 25.0 Å². The molecule has 2 aromatic carbocycles. The van der Waals surface area contributed by atoms with Gasteiger partial charge in [0.05, 0.1) is 0 Å². The van der Waals surface area contributed by atoms with Crippen molar-refractivity contribution in [3.63, 3.8) is 0 Å². The molecule has 0 saturated carbocycles. The average Bonchev–Trinajstić information content (AvgIpc) is 3.38. The number of fused-ring (bicyclic) bond motifs is 1. The number of anilines is 1. The number of rotatable bonds is 7. The van der Waals surface area contributed by atoms with Crippen LogP contribution < -0.4 is 10.6 Å². The Bertz CT molecular complexity index is 1140. The molecular formula is C26H30N4O4. The van der Waals surface area contributed by atoms with E-state index < -0.39 is 29.9 Å². The minimum absolute atomic E-state index is 0.0759. The van der Waals surface area contributed by atoms with Gasteiger partial charge >= 0.3 is 6.03 Å². The molecule has 0 unspecified atom stereocenters. The van der Waals surface area contributed by atoms with Gasteiger partial charge in [-0.05, 0) is 81.0 Å². The molecule has 1 saturated heterocycles. The van der Waals surface area contributed by atoms with Crippen molar-refractivity contribution in [1.82, 2.24) is 15.1 Å². The van der Waals surface area contributed by atoms with Crippen LogP contribution in [0.1, 0.15) is 54.2 Å². The summed E-state index contributed by atoms with van der Waals surface area (Å²) in [4.78, 5) is 53.5. The Kier molecular flexibility index (Phi) is 6.41. The second-order valence-electron chi connectivity index (χ2n) is 8.89. The van der Waals surface area contributed by atoms with E-state index in [0.29, 0.717) is 24.3 Å². The maximum absolute atomic E-state index is 13.2. The summed E-state index contributed by atoms with van der Waals surface area (Å²) in [6, 6.07) is 11.9. The highest BCUT2D eigenvalue weighted by Crippen LogP contribution is 2.32. The molecule has 5 amide bonds. The number of hydrogen-bond acceptors (Lipinski definition) is 4. The van der Waals surface area contributed by atoms with Crippen LogP contribution in [-0.2, 0) is 28.0 Å². The van der Waals surface area contributed by atoms with Crippen molar-refractivity contribution < 1.29 is 19.2 Å². The third-order valence-corrected chi connectivity index (χ3v) is 6.72. The number of nitrogens with one attached hydrogen (secondary N) is 2. The van der Waals surface area contributed by atoms with Crippen LogP contribution >= 0.6 is 0 Å². The fraction of sp³-hybridized carbons (Fsp3) is 0.385. The molecule has 4 rings (SSSR count). The lowest BCUT2D eigenvalue weighted by Gasteiger charge is -2.23. The lowest BCUT2D eigenvalue weighted by Crippen LogP contribution is -2.42. The van der Waals surface area contributed by atoms with Gasteiger partial charge in [0, 0.05) is 24.3 Å². The van der Waals surface area contributed by atoms with E-state index in [1.807, 2.05) is 32.0 Å². The Balaban J connectivity index is 1.42. The highest BCUT2D eigenvalue weighted by molar-refractivity contribution is 6.10. The molecule has 1 aliphatic carbocycles. The zero-order valence-electron chi connectivity index (χ0n) is 19.8.